The number of nitrogens with two attached hydrogens (primary N) is 1. The van der Waals surface area contributed by atoms with Crippen LogP contribution in [0.2, 0.25) is 0 Å². The molecule has 1 aliphatic rings. The minimum absolute atomic E-state index is 0. The van der Waals surface area contributed by atoms with Crippen LogP contribution in [-0.2, 0) is 15.4 Å². The lowest BCUT2D eigenvalue weighted by Gasteiger charge is -2.35. The Labute approximate surface area is 221 Å². The molecule has 36 heavy (non-hydrogen) atoms. The van der Waals surface area contributed by atoms with Gasteiger partial charge in [0.1, 0.15) is 0 Å². The SMILES string of the molecule is CCCS(=O)(=O)Nc1cccc(-c2nc(C(C)(C)C3CCNCC3)sc2-c2ccnc(N)n2)c1F.Cl. The maximum atomic E-state index is 15.7. The lowest BCUT2D eigenvalue weighted by atomic mass is 9.74. The number of hydrogen-bond acceptors (Lipinski definition) is 8. The molecular weight excluding hydrogens is 523 g/mol. The van der Waals surface area contributed by atoms with Gasteiger partial charge in [0.25, 0.3) is 0 Å². The Morgan fingerprint density at radius 2 is 1.94 bits per heavy atom. The van der Waals surface area contributed by atoms with Crippen LogP contribution in [0.25, 0.3) is 21.8 Å². The van der Waals surface area contributed by atoms with Crippen LogP contribution in [0.5, 0.6) is 0 Å². The third-order valence-corrected chi connectivity index (χ3v) is 9.33. The van der Waals surface area contributed by atoms with Crippen molar-refractivity contribution >= 4 is 45.4 Å². The highest BCUT2D eigenvalue weighted by Gasteiger charge is 2.36. The van der Waals surface area contributed by atoms with Gasteiger partial charge in [0.15, 0.2) is 5.82 Å². The number of nitrogen functional groups attached to an aromatic ring is 1. The largest absolute Gasteiger partial charge is 0.368 e. The van der Waals surface area contributed by atoms with E-state index in [1.165, 1.54) is 17.4 Å². The van der Waals surface area contributed by atoms with Gasteiger partial charge in [-0.25, -0.2) is 27.8 Å². The van der Waals surface area contributed by atoms with Crippen LogP contribution in [0, 0.1) is 11.7 Å². The molecule has 1 aromatic carbocycles. The summed E-state index contributed by atoms with van der Waals surface area (Å²) in [6.07, 6.45) is 4.04. The number of anilines is 2. The maximum Gasteiger partial charge on any atom is 0.232 e. The van der Waals surface area contributed by atoms with E-state index in [2.05, 4.69) is 33.9 Å². The van der Waals surface area contributed by atoms with Gasteiger partial charge in [-0.1, -0.05) is 26.8 Å². The molecule has 0 saturated carbocycles. The van der Waals surface area contributed by atoms with Crippen LogP contribution in [0.15, 0.2) is 30.5 Å². The summed E-state index contributed by atoms with van der Waals surface area (Å²) in [5.74, 6) is -0.231. The molecule has 3 heterocycles. The highest BCUT2D eigenvalue weighted by molar-refractivity contribution is 7.92. The summed E-state index contributed by atoms with van der Waals surface area (Å²) in [6.45, 7) is 8.02. The second-order valence-electron chi connectivity index (χ2n) is 9.33. The van der Waals surface area contributed by atoms with Crippen molar-refractivity contribution in [1.82, 2.24) is 20.3 Å². The van der Waals surface area contributed by atoms with E-state index in [9.17, 15) is 8.42 Å². The molecule has 0 atom stereocenters. The van der Waals surface area contributed by atoms with Gasteiger partial charge in [0.2, 0.25) is 16.0 Å². The third kappa shape index (κ3) is 5.96. The van der Waals surface area contributed by atoms with Crippen LogP contribution in [0.3, 0.4) is 0 Å². The Morgan fingerprint density at radius 3 is 2.61 bits per heavy atom. The minimum Gasteiger partial charge on any atom is -0.368 e. The molecule has 8 nitrogen and oxygen atoms in total. The monoisotopic (exact) mass is 554 g/mol. The van der Waals surface area contributed by atoms with Crippen molar-refractivity contribution in [1.29, 1.82) is 0 Å². The number of benzene rings is 1. The molecule has 0 radical (unpaired) electrons. The number of hydrogen-bond donors (Lipinski definition) is 3. The fraction of sp³-hybridized carbons (Fsp3) is 0.458. The average Bonchev–Trinajstić information content (AvgIpc) is 3.27. The first-order valence-electron chi connectivity index (χ1n) is 11.7. The lowest BCUT2D eigenvalue weighted by Crippen LogP contribution is -2.38. The quantitative estimate of drug-likeness (QED) is 0.364. The fourth-order valence-electron chi connectivity index (χ4n) is 4.45. The molecule has 196 valence electrons. The Hall–Kier alpha value is -2.34. The molecule has 0 unspecified atom stereocenters. The summed E-state index contributed by atoms with van der Waals surface area (Å²) in [5.41, 5.74) is 6.68. The molecule has 0 bridgehead atoms. The van der Waals surface area contributed by atoms with Crippen molar-refractivity contribution in [3.05, 3.63) is 41.3 Å². The Balaban J connectivity index is 0.00000361. The molecule has 3 aromatic rings. The van der Waals surface area contributed by atoms with Crippen molar-refractivity contribution in [2.24, 2.45) is 5.92 Å². The van der Waals surface area contributed by atoms with Crippen molar-refractivity contribution in [3.63, 3.8) is 0 Å². The van der Waals surface area contributed by atoms with Gasteiger partial charge < -0.3 is 11.1 Å². The normalized spacial score (nSPS) is 14.9. The first-order chi connectivity index (χ1) is 16.6. The van der Waals surface area contributed by atoms with E-state index < -0.39 is 15.8 Å². The van der Waals surface area contributed by atoms with Gasteiger partial charge >= 0.3 is 0 Å². The molecule has 2 aromatic heterocycles. The standard InChI is InChI=1S/C24H31FN6O2S2.ClH/c1-4-14-35(32,33)31-17-7-5-6-16(19(17)25)20-21(18-10-13-28-23(26)29-18)34-22(30-20)24(2,3)15-8-11-27-12-9-15;/h5-7,10,13,15,27,31H,4,8-9,11-12,14H2,1-3H3,(H2,26,28,29);1H. The van der Waals surface area contributed by atoms with E-state index in [0.29, 0.717) is 28.6 Å². The summed E-state index contributed by atoms with van der Waals surface area (Å²) < 4.78 is 42.7. The van der Waals surface area contributed by atoms with Gasteiger partial charge in [-0.3, -0.25) is 4.72 Å². The Kier molecular flexibility index (Phi) is 8.92. The van der Waals surface area contributed by atoms with Gasteiger partial charge in [0, 0.05) is 17.2 Å². The topological polar surface area (TPSA) is 123 Å². The van der Waals surface area contributed by atoms with Crippen molar-refractivity contribution in [3.8, 4) is 21.8 Å². The Bertz CT molecular complexity index is 1310. The number of thiazole rings is 1. The second-order valence-corrected chi connectivity index (χ2v) is 12.2. The Morgan fingerprint density at radius 1 is 1.22 bits per heavy atom. The van der Waals surface area contributed by atoms with E-state index in [1.807, 2.05) is 0 Å². The number of nitrogens with one attached hydrogen (secondary N) is 2. The zero-order chi connectivity index (χ0) is 25.2. The number of rotatable bonds is 8. The first kappa shape index (κ1) is 28.2. The van der Waals surface area contributed by atoms with E-state index in [-0.39, 0.29) is 40.8 Å². The molecule has 4 rings (SSSR count). The van der Waals surface area contributed by atoms with Crippen LogP contribution in [0.1, 0.15) is 45.0 Å². The van der Waals surface area contributed by atoms with Gasteiger partial charge in [-0.05, 0) is 56.5 Å². The highest BCUT2D eigenvalue weighted by Crippen LogP contribution is 2.45. The van der Waals surface area contributed by atoms with Crippen molar-refractivity contribution in [2.75, 3.05) is 29.3 Å². The molecule has 1 saturated heterocycles. The lowest BCUT2D eigenvalue weighted by molar-refractivity contribution is 0.246. The second kappa shape index (κ2) is 11.4. The summed E-state index contributed by atoms with van der Waals surface area (Å²) in [5, 5.41) is 4.28. The minimum atomic E-state index is -3.66. The van der Waals surface area contributed by atoms with E-state index in [4.69, 9.17) is 10.7 Å². The number of piperidine rings is 1. The highest BCUT2D eigenvalue weighted by atomic mass is 35.5. The van der Waals surface area contributed by atoms with Crippen LogP contribution < -0.4 is 15.8 Å². The number of halogens is 2. The summed E-state index contributed by atoms with van der Waals surface area (Å²) in [6, 6.07) is 6.37. The smallest absolute Gasteiger partial charge is 0.232 e. The van der Waals surface area contributed by atoms with E-state index in [1.54, 1.807) is 31.3 Å². The fourth-order valence-corrected chi connectivity index (χ4v) is 6.81. The molecule has 1 fully saturated rings. The zero-order valence-corrected chi connectivity index (χ0v) is 23.0. The molecular formula is C24H32ClFN6O2S2. The molecule has 0 amide bonds. The van der Waals surface area contributed by atoms with Crippen LogP contribution in [0.4, 0.5) is 16.0 Å². The maximum absolute atomic E-state index is 15.7. The van der Waals surface area contributed by atoms with E-state index >= 15 is 4.39 Å². The van der Waals surface area contributed by atoms with Crippen LogP contribution >= 0.6 is 23.7 Å². The van der Waals surface area contributed by atoms with Gasteiger partial charge in [0.05, 0.1) is 32.7 Å². The first-order valence-corrected chi connectivity index (χ1v) is 14.2. The predicted molar refractivity (Wildman–Crippen MR) is 147 cm³/mol. The average molecular weight is 555 g/mol. The van der Waals surface area contributed by atoms with Gasteiger partial charge in [-0.15, -0.1) is 23.7 Å². The molecule has 4 N–H and O–H groups in total. The summed E-state index contributed by atoms with van der Waals surface area (Å²) in [4.78, 5) is 14.0. The predicted octanol–water partition coefficient (Wildman–Crippen LogP) is 4.84. The molecule has 0 spiro atoms. The number of aromatic nitrogens is 3. The zero-order valence-electron chi connectivity index (χ0n) is 20.5. The van der Waals surface area contributed by atoms with E-state index in [0.717, 1.165) is 30.9 Å². The molecule has 12 heteroatoms. The molecule has 1 aliphatic heterocycles. The molecule has 0 aliphatic carbocycles. The number of nitrogens with zero attached hydrogens (tertiary/aromatic N) is 3. The summed E-state index contributed by atoms with van der Waals surface area (Å²) in [7, 11) is -3.66. The van der Waals surface area contributed by atoms with Crippen LogP contribution in [-0.4, -0.2) is 42.2 Å². The van der Waals surface area contributed by atoms with Crippen molar-refractivity contribution < 1.29 is 12.8 Å². The van der Waals surface area contributed by atoms with Gasteiger partial charge in [-0.2, -0.15) is 0 Å². The summed E-state index contributed by atoms with van der Waals surface area (Å²) >= 11 is 1.47. The third-order valence-electron chi connectivity index (χ3n) is 6.44. The number of sulfonamides is 1. The van der Waals surface area contributed by atoms with Crippen molar-refractivity contribution in [2.45, 2.75) is 45.4 Å².